The van der Waals surface area contributed by atoms with Crippen molar-refractivity contribution < 1.29 is 0 Å². The number of thioether (sulfide) groups is 1. The van der Waals surface area contributed by atoms with E-state index in [9.17, 15) is 0 Å². The van der Waals surface area contributed by atoms with Gasteiger partial charge in [-0.3, -0.25) is 0 Å². The van der Waals surface area contributed by atoms with Gasteiger partial charge in [0.25, 0.3) is 0 Å². The number of rotatable bonds is 8. The molecule has 0 aromatic heterocycles. The lowest BCUT2D eigenvalue weighted by atomic mass is 10.2. The van der Waals surface area contributed by atoms with Crippen molar-refractivity contribution >= 4 is 27.7 Å². The Kier molecular flexibility index (Phi) is 8.03. The van der Waals surface area contributed by atoms with Gasteiger partial charge in [-0.05, 0) is 42.3 Å². The molecule has 0 heterocycles. The van der Waals surface area contributed by atoms with Crippen molar-refractivity contribution in [2.24, 2.45) is 5.92 Å². The molecule has 1 N–H and O–H groups in total. The van der Waals surface area contributed by atoms with E-state index in [1.54, 1.807) is 0 Å². The van der Waals surface area contributed by atoms with E-state index in [-0.39, 0.29) is 0 Å². The van der Waals surface area contributed by atoms with E-state index >= 15 is 0 Å². The Labute approximate surface area is 124 Å². The maximum Gasteiger partial charge on any atom is 0.0216 e. The van der Waals surface area contributed by atoms with Gasteiger partial charge >= 0.3 is 0 Å². The molecule has 0 saturated carbocycles. The van der Waals surface area contributed by atoms with Crippen LogP contribution < -0.4 is 5.32 Å². The summed E-state index contributed by atoms with van der Waals surface area (Å²) in [6.07, 6.45) is 2.55. The van der Waals surface area contributed by atoms with E-state index in [0.717, 1.165) is 13.1 Å². The Morgan fingerprint density at radius 2 is 2.11 bits per heavy atom. The summed E-state index contributed by atoms with van der Waals surface area (Å²) in [5, 5.41) is 3.52. The second kappa shape index (κ2) is 9.00. The maximum atomic E-state index is 3.56. The molecule has 0 spiro atoms. The summed E-state index contributed by atoms with van der Waals surface area (Å²) in [6, 6.07) is 6.61. The van der Waals surface area contributed by atoms with Gasteiger partial charge in [0, 0.05) is 15.9 Å². The molecular weight excluding hydrogens is 306 g/mol. The zero-order valence-electron chi connectivity index (χ0n) is 11.6. The lowest BCUT2D eigenvalue weighted by Gasteiger charge is -2.12. The van der Waals surface area contributed by atoms with E-state index < -0.39 is 0 Å². The van der Waals surface area contributed by atoms with Crippen LogP contribution >= 0.6 is 27.7 Å². The van der Waals surface area contributed by atoms with Gasteiger partial charge in [-0.15, -0.1) is 11.8 Å². The van der Waals surface area contributed by atoms with Gasteiger partial charge in [0.1, 0.15) is 0 Å². The predicted molar refractivity (Wildman–Crippen MR) is 86.3 cm³/mol. The molecule has 0 aliphatic carbocycles. The van der Waals surface area contributed by atoms with Crippen LogP contribution in [0.1, 0.15) is 39.2 Å². The maximum absolute atomic E-state index is 3.56. The normalized spacial score (nSPS) is 11.2. The van der Waals surface area contributed by atoms with E-state index in [2.05, 4.69) is 60.2 Å². The fourth-order valence-electron chi connectivity index (χ4n) is 1.63. The standard InChI is InChI=1S/C15H24BrNS/c1-4-5-8-18-15-9-14(16)7-6-13(15)11-17-10-12(2)3/h6-7,9,12,17H,4-5,8,10-11H2,1-3H3. The topological polar surface area (TPSA) is 12.0 Å². The molecule has 0 saturated heterocycles. The summed E-state index contributed by atoms with van der Waals surface area (Å²) in [6.45, 7) is 8.78. The molecule has 0 bridgehead atoms. The first-order valence-electron chi connectivity index (χ1n) is 6.75. The molecule has 0 unspecified atom stereocenters. The molecule has 1 aromatic carbocycles. The average molecular weight is 330 g/mol. The lowest BCUT2D eigenvalue weighted by Crippen LogP contribution is -2.19. The number of halogens is 1. The van der Waals surface area contributed by atoms with Gasteiger partial charge in [0.15, 0.2) is 0 Å². The zero-order chi connectivity index (χ0) is 13.4. The third-order valence-electron chi connectivity index (χ3n) is 2.65. The lowest BCUT2D eigenvalue weighted by molar-refractivity contribution is 0.550. The van der Waals surface area contributed by atoms with Gasteiger partial charge in [-0.2, -0.15) is 0 Å². The van der Waals surface area contributed by atoms with Crippen molar-refractivity contribution in [3.8, 4) is 0 Å². The minimum atomic E-state index is 0.705. The molecule has 0 atom stereocenters. The van der Waals surface area contributed by atoms with Crippen LogP contribution in [0.3, 0.4) is 0 Å². The van der Waals surface area contributed by atoms with Crippen molar-refractivity contribution in [2.45, 2.75) is 45.1 Å². The third-order valence-corrected chi connectivity index (χ3v) is 4.33. The minimum absolute atomic E-state index is 0.705. The number of benzene rings is 1. The number of hydrogen-bond donors (Lipinski definition) is 1. The SMILES string of the molecule is CCCCSc1cc(Br)ccc1CNCC(C)C. The van der Waals surface area contributed by atoms with Gasteiger partial charge in [-0.1, -0.05) is 49.2 Å². The Morgan fingerprint density at radius 1 is 1.33 bits per heavy atom. The van der Waals surface area contributed by atoms with Crippen molar-refractivity contribution in [1.29, 1.82) is 0 Å². The van der Waals surface area contributed by atoms with Crippen LogP contribution in [0.5, 0.6) is 0 Å². The molecule has 1 nitrogen and oxygen atoms in total. The first-order valence-corrected chi connectivity index (χ1v) is 8.53. The predicted octanol–water partition coefficient (Wildman–Crippen LogP) is 5.09. The molecule has 1 aromatic rings. The highest BCUT2D eigenvalue weighted by Crippen LogP contribution is 2.27. The summed E-state index contributed by atoms with van der Waals surface area (Å²) < 4.78 is 1.18. The Bertz CT molecular complexity index is 352. The van der Waals surface area contributed by atoms with Crippen LogP contribution in [0.25, 0.3) is 0 Å². The number of unbranched alkanes of at least 4 members (excludes halogenated alkanes) is 1. The first-order chi connectivity index (χ1) is 8.63. The van der Waals surface area contributed by atoms with Gasteiger partial charge in [-0.25, -0.2) is 0 Å². The Morgan fingerprint density at radius 3 is 2.78 bits per heavy atom. The van der Waals surface area contributed by atoms with Crippen LogP contribution in [0.4, 0.5) is 0 Å². The number of nitrogens with one attached hydrogen (secondary N) is 1. The molecule has 0 aliphatic heterocycles. The first kappa shape index (κ1) is 16.1. The summed E-state index contributed by atoms with van der Waals surface area (Å²) in [4.78, 5) is 1.41. The third kappa shape index (κ3) is 6.26. The molecule has 0 aliphatic rings. The van der Waals surface area contributed by atoms with Crippen LogP contribution in [0.2, 0.25) is 0 Å². The summed E-state index contributed by atoms with van der Waals surface area (Å²) >= 11 is 5.54. The highest BCUT2D eigenvalue weighted by molar-refractivity contribution is 9.10. The van der Waals surface area contributed by atoms with E-state index in [4.69, 9.17) is 0 Å². The van der Waals surface area contributed by atoms with E-state index in [1.807, 2.05) is 11.8 Å². The monoisotopic (exact) mass is 329 g/mol. The molecular formula is C15H24BrNS. The molecule has 1 rings (SSSR count). The van der Waals surface area contributed by atoms with Crippen LogP contribution in [-0.2, 0) is 6.54 Å². The van der Waals surface area contributed by atoms with Crippen LogP contribution in [-0.4, -0.2) is 12.3 Å². The molecule has 102 valence electrons. The summed E-state index contributed by atoms with van der Waals surface area (Å²) in [5.74, 6) is 1.92. The smallest absolute Gasteiger partial charge is 0.0216 e. The summed E-state index contributed by atoms with van der Waals surface area (Å²) in [7, 11) is 0. The average Bonchev–Trinajstić information content (AvgIpc) is 2.32. The summed E-state index contributed by atoms with van der Waals surface area (Å²) in [5.41, 5.74) is 1.42. The fourth-order valence-corrected chi connectivity index (χ4v) is 3.33. The van der Waals surface area contributed by atoms with E-state index in [0.29, 0.717) is 5.92 Å². The van der Waals surface area contributed by atoms with Gasteiger partial charge in [0.05, 0.1) is 0 Å². The molecule has 18 heavy (non-hydrogen) atoms. The van der Waals surface area contributed by atoms with Crippen LogP contribution in [0.15, 0.2) is 27.6 Å². The molecule has 0 fully saturated rings. The largest absolute Gasteiger partial charge is 0.312 e. The molecule has 3 heteroatoms. The second-order valence-electron chi connectivity index (χ2n) is 4.98. The van der Waals surface area contributed by atoms with E-state index in [1.165, 1.54) is 33.5 Å². The zero-order valence-corrected chi connectivity index (χ0v) is 14.0. The van der Waals surface area contributed by atoms with Gasteiger partial charge in [0.2, 0.25) is 0 Å². The van der Waals surface area contributed by atoms with Gasteiger partial charge < -0.3 is 5.32 Å². The quantitative estimate of drug-likeness (QED) is 0.526. The highest BCUT2D eigenvalue weighted by Gasteiger charge is 2.04. The fraction of sp³-hybridized carbons (Fsp3) is 0.600. The Hall–Kier alpha value is 0.01000. The van der Waals surface area contributed by atoms with Crippen molar-refractivity contribution in [3.63, 3.8) is 0 Å². The molecule has 0 radical (unpaired) electrons. The Balaban J connectivity index is 2.58. The van der Waals surface area contributed by atoms with Crippen molar-refractivity contribution in [1.82, 2.24) is 5.32 Å². The second-order valence-corrected chi connectivity index (χ2v) is 7.03. The van der Waals surface area contributed by atoms with Crippen molar-refractivity contribution in [2.75, 3.05) is 12.3 Å². The van der Waals surface area contributed by atoms with Crippen molar-refractivity contribution in [3.05, 3.63) is 28.2 Å². The number of hydrogen-bond acceptors (Lipinski definition) is 2. The highest BCUT2D eigenvalue weighted by atomic mass is 79.9. The van der Waals surface area contributed by atoms with Crippen LogP contribution in [0, 0.1) is 5.92 Å². The minimum Gasteiger partial charge on any atom is -0.312 e. The molecule has 0 amide bonds.